The molecule has 0 atom stereocenters. The molecule has 2 rings (SSSR count). The lowest BCUT2D eigenvalue weighted by Crippen LogP contribution is -2.15. The van der Waals surface area contributed by atoms with Crippen molar-refractivity contribution in [2.24, 2.45) is 0 Å². The van der Waals surface area contributed by atoms with Crippen molar-refractivity contribution in [1.29, 1.82) is 0 Å². The van der Waals surface area contributed by atoms with E-state index in [0.29, 0.717) is 31.0 Å². The van der Waals surface area contributed by atoms with Gasteiger partial charge in [0.15, 0.2) is 0 Å². The van der Waals surface area contributed by atoms with Crippen molar-refractivity contribution >= 4 is 11.6 Å². The summed E-state index contributed by atoms with van der Waals surface area (Å²) in [7, 11) is 0. The van der Waals surface area contributed by atoms with Gasteiger partial charge in [0.1, 0.15) is 5.75 Å². The summed E-state index contributed by atoms with van der Waals surface area (Å²) in [5, 5.41) is 7.12. The number of amides is 1. The molecule has 1 heterocycles. The second kappa shape index (κ2) is 6.75. The summed E-state index contributed by atoms with van der Waals surface area (Å²) in [6, 6.07) is 9.35. The number of carbonyl (C=O) groups excluding carboxylic acids is 1. The summed E-state index contributed by atoms with van der Waals surface area (Å²) in [4.78, 5) is 11.9. The number of benzene rings is 1. The summed E-state index contributed by atoms with van der Waals surface area (Å²) < 4.78 is 7.24. The number of nitrogens with one attached hydrogen (secondary N) is 1. The highest BCUT2D eigenvalue weighted by molar-refractivity contribution is 5.92. The molecule has 106 valence electrons. The van der Waals surface area contributed by atoms with Gasteiger partial charge in [0.05, 0.1) is 18.0 Å². The number of nitrogens with zero attached hydrogens (tertiary/aromatic N) is 2. The number of carbonyl (C=O) groups is 1. The van der Waals surface area contributed by atoms with Crippen molar-refractivity contribution < 1.29 is 9.53 Å². The van der Waals surface area contributed by atoms with Crippen LogP contribution in [0.25, 0.3) is 0 Å². The molecule has 0 saturated carbocycles. The molecule has 0 saturated heterocycles. The monoisotopic (exact) mass is 273 g/mol. The Kier molecular flexibility index (Phi) is 4.76. The Morgan fingerprint density at radius 1 is 1.35 bits per heavy atom. The van der Waals surface area contributed by atoms with E-state index in [1.54, 1.807) is 4.68 Å². The molecule has 5 nitrogen and oxygen atoms in total. The van der Waals surface area contributed by atoms with E-state index in [4.69, 9.17) is 4.74 Å². The Morgan fingerprint density at radius 3 is 2.85 bits per heavy atom. The van der Waals surface area contributed by atoms with Gasteiger partial charge >= 0.3 is 0 Å². The third-order valence-corrected chi connectivity index (χ3v) is 2.80. The molecule has 0 spiro atoms. The van der Waals surface area contributed by atoms with Crippen LogP contribution in [-0.2, 0) is 11.3 Å². The van der Waals surface area contributed by atoms with Crippen molar-refractivity contribution in [2.45, 2.75) is 26.8 Å². The van der Waals surface area contributed by atoms with Crippen LogP contribution in [0.4, 0.5) is 5.69 Å². The Balaban J connectivity index is 1.91. The van der Waals surface area contributed by atoms with E-state index in [1.165, 1.54) is 0 Å². The Bertz CT molecular complexity index is 578. The number of ether oxygens (including phenoxy) is 1. The lowest BCUT2D eigenvalue weighted by molar-refractivity contribution is -0.116. The first kappa shape index (κ1) is 14.1. The summed E-state index contributed by atoms with van der Waals surface area (Å²) >= 11 is 0. The van der Waals surface area contributed by atoms with Crippen molar-refractivity contribution in [3.05, 3.63) is 42.2 Å². The highest BCUT2D eigenvalue weighted by Crippen LogP contribution is 2.23. The van der Waals surface area contributed by atoms with Gasteiger partial charge in [0.2, 0.25) is 5.91 Å². The Hall–Kier alpha value is -2.30. The van der Waals surface area contributed by atoms with Gasteiger partial charge in [-0.3, -0.25) is 9.48 Å². The zero-order chi connectivity index (χ0) is 14.4. The summed E-state index contributed by atoms with van der Waals surface area (Å²) in [5.41, 5.74) is 1.66. The third-order valence-electron chi connectivity index (χ3n) is 2.80. The normalized spacial score (nSPS) is 10.3. The molecule has 5 heteroatoms. The minimum Gasteiger partial charge on any atom is -0.492 e. The van der Waals surface area contributed by atoms with Crippen molar-refractivity contribution in [3.63, 3.8) is 0 Å². The lowest BCUT2D eigenvalue weighted by atomic mass is 10.2. The largest absolute Gasteiger partial charge is 0.492 e. The summed E-state index contributed by atoms with van der Waals surface area (Å²) in [5.74, 6) is 0.642. The van der Waals surface area contributed by atoms with Crippen molar-refractivity contribution in [3.8, 4) is 5.75 Å². The fourth-order valence-corrected chi connectivity index (χ4v) is 1.87. The number of hydrogen-bond donors (Lipinski definition) is 1. The van der Waals surface area contributed by atoms with Gasteiger partial charge in [-0.2, -0.15) is 5.10 Å². The highest BCUT2D eigenvalue weighted by Gasteiger charge is 2.07. The van der Waals surface area contributed by atoms with Gasteiger partial charge in [-0.1, -0.05) is 12.1 Å². The van der Waals surface area contributed by atoms with Gasteiger partial charge in [0, 0.05) is 19.2 Å². The van der Waals surface area contributed by atoms with Crippen LogP contribution in [0.3, 0.4) is 0 Å². The van der Waals surface area contributed by atoms with E-state index in [2.05, 4.69) is 10.4 Å². The van der Waals surface area contributed by atoms with E-state index in [9.17, 15) is 4.79 Å². The van der Waals surface area contributed by atoms with Gasteiger partial charge < -0.3 is 10.1 Å². The predicted molar refractivity (Wildman–Crippen MR) is 77.8 cm³/mol. The molecule has 1 aromatic carbocycles. The number of aromatic nitrogens is 2. The molecule has 1 aromatic heterocycles. The van der Waals surface area contributed by atoms with Crippen molar-refractivity contribution in [2.75, 3.05) is 11.9 Å². The molecule has 2 aromatic rings. The average molecular weight is 273 g/mol. The molecule has 0 radical (unpaired) electrons. The maximum atomic E-state index is 11.9. The van der Waals surface area contributed by atoms with Crippen LogP contribution in [0, 0.1) is 6.92 Å². The second-order valence-corrected chi connectivity index (χ2v) is 4.45. The van der Waals surface area contributed by atoms with Gasteiger partial charge in [-0.25, -0.2) is 0 Å². The summed E-state index contributed by atoms with van der Waals surface area (Å²) in [6.45, 7) is 4.98. The standard InChI is InChI=1S/C15H19N3O2/c1-3-20-14-7-5-4-6-13(14)16-15(19)9-11-18-10-8-12(2)17-18/h4-8,10H,3,9,11H2,1-2H3,(H,16,19). The fourth-order valence-electron chi connectivity index (χ4n) is 1.87. The number of para-hydroxylation sites is 2. The molecular weight excluding hydrogens is 254 g/mol. The van der Waals surface area contributed by atoms with Crippen LogP contribution in [0.5, 0.6) is 5.75 Å². The molecule has 0 unspecified atom stereocenters. The first-order valence-corrected chi connectivity index (χ1v) is 6.70. The van der Waals surface area contributed by atoms with Crippen LogP contribution in [0.2, 0.25) is 0 Å². The van der Waals surface area contributed by atoms with Crippen molar-refractivity contribution in [1.82, 2.24) is 9.78 Å². The molecule has 0 aliphatic rings. The van der Waals surface area contributed by atoms with Gasteiger partial charge in [0.25, 0.3) is 0 Å². The van der Waals surface area contributed by atoms with Crippen LogP contribution < -0.4 is 10.1 Å². The minimum atomic E-state index is -0.0506. The topological polar surface area (TPSA) is 56.1 Å². The molecule has 0 aliphatic carbocycles. The summed E-state index contributed by atoms with van der Waals surface area (Å²) in [6.07, 6.45) is 2.25. The minimum absolute atomic E-state index is 0.0506. The Labute approximate surface area is 118 Å². The first-order chi connectivity index (χ1) is 9.69. The zero-order valence-corrected chi connectivity index (χ0v) is 11.8. The van der Waals surface area contributed by atoms with Gasteiger partial charge in [-0.15, -0.1) is 0 Å². The predicted octanol–water partition coefficient (Wildman–Crippen LogP) is 2.62. The average Bonchev–Trinajstić information content (AvgIpc) is 2.85. The molecule has 20 heavy (non-hydrogen) atoms. The van der Waals surface area contributed by atoms with Crippen LogP contribution >= 0.6 is 0 Å². The van der Waals surface area contributed by atoms with Gasteiger partial charge in [-0.05, 0) is 32.0 Å². The van der Waals surface area contributed by atoms with Crippen LogP contribution in [-0.4, -0.2) is 22.3 Å². The van der Waals surface area contributed by atoms with E-state index in [0.717, 1.165) is 5.69 Å². The van der Waals surface area contributed by atoms with E-state index in [1.807, 2.05) is 50.4 Å². The molecule has 1 amide bonds. The molecule has 0 fully saturated rings. The molecule has 0 aliphatic heterocycles. The number of anilines is 1. The maximum absolute atomic E-state index is 11.9. The van der Waals surface area contributed by atoms with Crippen LogP contribution in [0.1, 0.15) is 19.0 Å². The second-order valence-electron chi connectivity index (χ2n) is 4.45. The van der Waals surface area contributed by atoms with E-state index in [-0.39, 0.29) is 5.91 Å². The molecule has 0 bridgehead atoms. The van der Waals surface area contributed by atoms with Crippen LogP contribution in [0.15, 0.2) is 36.5 Å². The number of aryl methyl sites for hydroxylation is 2. The smallest absolute Gasteiger partial charge is 0.226 e. The fraction of sp³-hybridized carbons (Fsp3) is 0.333. The highest BCUT2D eigenvalue weighted by atomic mass is 16.5. The van der Waals surface area contributed by atoms with E-state index >= 15 is 0 Å². The molecule has 1 N–H and O–H groups in total. The zero-order valence-electron chi connectivity index (χ0n) is 11.8. The SMILES string of the molecule is CCOc1ccccc1NC(=O)CCn1ccc(C)n1. The number of rotatable bonds is 6. The first-order valence-electron chi connectivity index (χ1n) is 6.70. The Morgan fingerprint density at radius 2 is 2.15 bits per heavy atom. The van der Waals surface area contributed by atoms with E-state index < -0.39 is 0 Å². The third kappa shape index (κ3) is 3.85. The quantitative estimate of drug-likeness (QED) is 0.880. The number of hydrogen-bond acceptors (Lipinski definition) is 3. The lowest BCUT2D eigenvalue weighted by Gasteiger charge is -2.11. The molecular formula is C15H19N3O2. The maximum Gasteiger partial charge on any atom is 0.226 e.